The smallest absolute Gasteiger partial charge is 0.223 e. The molecule has 4 N–H and O–H groups in total. The van der Waals surface area contributed by atoms with Crippen molar-refractivity contribution in [3.05, 3.63) is 0 Å². The quantitative estimate of drug-likeness (QED) is 0.618. The van der Waals surface area contributed by atoms with Crippen LogP contribution in [0.25, 0.3) is 0 Å². The molecule has 2 aliphatic carbocycles. The third-order valence-corrected chi connectivity index (χ3v) is 6.73. The lowest BCUT2D eigenvalue weighted by molar-refractivity contribution is -0.131. The van der Waals surface area contributed by atoms with E-state index in [0.29, 0.717) is 0 Å². The molecule has 138 valence electrons. The first kappa shape index (κ1) is 19.3. The van der Waals surface area contributed by atoms with Crippen LogP contribution in [0.15, 0.2) is 0 Å². The Labute approximate surface area is 147 Å². The molecule has 0 saturated heterocycles. The van der Waals surface area contributed by atoms with Gasteiger partial charge in [-0.1, -0.05) is 64.2 Å². The molecule has 0 radical (unpaired) electrons. The Hall–Kier alpha value is -1.06. The van der Waals surface area contributed by atoms with Gasteiger partial charge in [-0.3, -0.25) is 9.59 Å². The molecule has 0 aliphatic heterocycles. The fourth-order valence-corrected chi connectivity index (χ4v) is 4.98. The van der Waals surface area contributed by atoms with Gasteiger partial charge in [-0.05, 0) is 38.5 Å². The molecule has 2 saturated carbocycles. The monoisotopic (exact) mass is 336 g/mol. The van der Waals surface area contributed by atoms with Gasteiger partial charge in [-0.15, -0.1) is 0 Å². The number of unbranched alkanes of at least 4 members (excludes halogenated alkanes) is 3. The van der Waals surface area contributed by atoms with Gasteiger partial charge in [-0.2, -0.15) is 0 Å². The SMILES string of the molecule is NC(=O)C1(CCCCCCC2(C(N)=O)CCCCC2)CCCCC1. The first-order valence-corrected chi connectivity index (χ1v) is 10.1. The summed E-state index contributed by atoms with van der Waals surface area (Å²) >= 11 is 0. The zero-order valence-corrected chi connectivity index (χ0v) is 15.3. The van der Waals surface area contributed by atoms with Crippen molar-refractivity contribution in [1.29, 1.82) is 0 Å². The van der Waals surface area contributed by atoms with Crippen molar-refractivity contribution in [1.82, 2.24) is 0 Å². The molecule has 0 unspecified atom stereocenters. The molecule has 0 spiro atoms. The van der Waals surface area contributed by atoms with E-state index in [9.17, 15) is 9.59 Å². The molecule has 0 heterocycles. The predicted molar refractivity (Wildman–Crippen MR) is 97.1 cm³/mol. The van der Waals surface area contributed by atoms with Gasteiger partial charge in [0.1, 0.15) is 0 Å². The van der Waals surface area contributed by atoms with Gasteiger partial charge in [0.15, 0.2) is 0 Å². The summed E-state index contributed by atoms with van der Waals surface area (Å²) in [6.07, 6.45) is 17.3. The van der Waals surface area contributed by atoms with E-state index in [1.807, 2.05) is 0 Å². The second-order valence-electron chi connectivity index (χ2n) is 8.32. The highest BCUT2D eigenvalue weighted by molar-refractivity contribution is 5.81. The summed E-state index contributed by atoms with van der Waals surface area (Å²) in [5.74, 6) is -0.172. The Balaban J connectivity index is 1.68. The number of hydrogen-bond acceptors (Lipinski definition) is 2. The van der Waals surface area contributed by atoms with Crippen molar-refractivity contribution < 1.29 is 9.59 Å². The molecule has 0 atom stereocenters. The van der Waals surface area contributed by atoms with E-state index >= 15 is 0 Å². The maximum absolute atomic E-state index is 11.9. The molecule has 0 aromatic carbocycles. The lowest BCUT2D eigenvalue weighted by atomic mass is 9.69. The standard InChI is InChI=1S/C20H36N2O2/c21-17(23)19(13-7-3-8-14-19)11-5-1-2-6-12-20(18(22)24)15-9-4-10-16-20/h1-16H2,(H2,21,23)(H2,22,24). The Morgan fingerprint density at radius 3 is 1.21 bits per heavy atom. The average Bonchev–Trinajstić information content (AvgIpc) is 2.59. The maximum Gasteiger partial charge on any atom is 0.223 e. The highest BCUT2D eigenvalue weighted by Crippen LogP contribution is 2.42. The minimum absolute atomic E-state index is 0.0860. The lowest BCUT2D eigenvalue weighted by Gasteiger charge is -2.35. The van der Waals surface area contributed by atoms with Crippen LogP contribution in [-0.2, 0) is 9.59 Å². The topological polar surface area (TPSA) is 86.2 Å². The Kier molecular flexibility index (Phi) is 7.12. The van der Waals surface area contributed by atoms with Crippen LogP contribution in [0.3, 0.4) is 0 Å². The molecule has 4 heteroatoms. The van der Waals surface area contributed by atoms with Crippen LogP contribution in [0.1, 0.15) is 103 Å². The highest BCUT2D eigenvalue weighted by atomic mass is 16.1. The van der Waals surface area contributed by atoms with Crippen molar-refractivity contribution in [2.45, 2.75) is 103 Å². The third-order valence-electron chi connectivity index (χ3n) is 6.73. The van der Waals surface area contributed by atoms with Gasteiger partial charge in [0.2, 0.25) is 11.8 Å². The zero-order valence-electron chi connectivity index (χ0n) is 15.3. The summed E-state index contributed by atoms with van der Waals surface area (Å²) in [6, 6.07) is 0. The first-order valence-electron chi connectivity index (χ1n) is 10.1. The van der Waals surface area contributed by atoms with Crippen molar-refractivity contribution in [3.63, 3.8) is 0 Å². The fraction of sp³-hybridized carbons (Fsp3) is 0.900. The molecule has 2 aliphatic rings. The first-order chi connectivity index (χ1) is 11.5. The number of nitrogens with two attached hydrogens (primary N) is 2. The number of hydrogen-bond donors (Lipinski definition) is 2. The van der Waals surface area contributed by atoms with Gasteiger partial charge >= 0.3 is 0 Å². The number of amides is 2. The molecule has 2 rings (SSSR count). The molecular formula is C20H36N2O2. The minimum Gasteiger partial charge on any atom is -0.369 e. The van der Waals surface area contributed by atoms with Gasteiger partial charge < -0.3 is 11.5 Å². The van der Waals surface area contributed by atoms with Crippen molar-refractivity contribution in [3.8, 4) is 0 Å². The van der Waals surface area contributed by atoms with E-state index in [1.54, 1.807) is 0 Å². The lowest BCUT2D eigenvalue weighted by Crippen LogP contribution is -2.39. The Morgan fingerprint density at radius 1 is 0.583 bits per heavy atom. The number of primary amides is 2. The molecule has 2 amide bonds. The van der Waals surface area contributed by atoms with Crippen LogP contribution in [0.4, 0.5) is 0 Å². The van der Waals surface area contributed by atoms with E-state index in [2.05, 4.69) is 0 Å². The van der Waals surface area contributed by atoms with E-state index in [-0.39, 0.29) is 22.6 Å². The second kappa shape index (κ2) is 8.87. The van der Waals surface area contributed by atoms with Crippen LogP contribution in [0, 0.1) is 10.8 Å². The molecule has 4 nitrogen and oxygen atoms in total. The van der Waals surface area contributed by atoms with Crippen LogP contribution >= 0.6 is 0 Å². The summed E-state index contributed by atoms with van der Waals surface area (Å²) in [4.78, 5) is 23.8. The average molecular weight is 337 g/mol. The Morgan fingerprint density at radius 2 is 0.917 bits per heavy atom. The number of carbonyl (C=O) groups is 2. The van der Waals surface area contributed by atoms with E-state index < -0.39 is 0 Å². The van der Waals surface area contributed by atoms with E-state index in [1.165, 1.54) is 12.8 Å². The van der Waals surface area contributed by atoms with Crippen LogP contribution in [-0.4, -0.2) is 11.8 Å². The van der Waals surface area contributed by atoms with Crippen LogP contribution < -0.4 is 11.5 Å². The minimum atomic E-state index is -0.226. The summed E-state index contributed by atoms with van der Waals surface area (Å²) in [7, 11) is 0. The Bertz CT molecular complexity index is 381. The third kappa shape index (κ3) is 4.73. The maximum atomic E-state index is 11.9. The fourth-order valence-electron chi connectivity index (χ4n) is 4.98. The summed E-state index contributed by atoms with van der Waals surface area (Å²) in [5, 5.41) is 0. The molecule has 0 aromatic heterocycles. The van der Waals surface area contributed by atoms with Crippen LogP contribution in [0.5, 0.6) is 0 Å². The highest BCUT2D eigenvalue weighted by Gasteiger charge is 2.38. The van der Waals surface area contributed by atoms with Crippen molar-refractivity contribution in [2.75, 3.05) is 0 Å². The van der Waals surface area contributed by atoms with Crippen molar-refractivity contribution in [2.24, 2.45) is 22.3 Å². The number of rotatable bonds is 9. The summed E-state index contributed by atoms with van der Waals surface area (Å²) < 4.78 is 0. The summed E-state index contributed by atoms with van der Waals surface area (Å²) in [6.45, 7) is 0. The zero-order chi connectivity index (χ0) is 17.5. The van der Waals surface area contributed by atoms with Crippen LogP contribution in [0.2, 0.25) is 0 Å². The molecule has 0 aromatic rings. The molecule has 0 bridgehead atoms. The second-order valence-corrected chi connectivity index (χ2v) is 8.32. The molecular weight excluding hydrogens is 300 g/mol. The molecule has 24 heavy (non-hydrogen) atoms. The van der Waals surface area contributed by atoms with Gasteiger partial charge in [0, 0.05) is 10.8 Å². The van der Waals surface area contributed by atoms with Gasteiger partial charge in [-0.25, -0.2) is 0 Å². The van der Waals surface area contributed by atoms with Gasteiger partial charge in [0.05, 0.1) is 0 Å². The van der Waals surface area contributed by atoms with E-state index in [4.69, 9.17) is 11.5 Å². The normalized spacial score (nSPS) is 22.8. The van der Waals surface area contributed by atoms with Crippen molar-refractivity contribution >= 4 is 11.8 Å². The predicted octanol–water partition coefficient (Wildman–Crippen LogP) is 4.20. The largest absolute Gasteiger partial charge is 0.369 e. The summed E-state index contributed by atoms with van der Waals surface area (Å²) in [5.41, 5.74) is 10.9. The van der Waals surface area contributed by atoms with E-state index in [0.717, 1.165) is 89.9 Å². The molecule has 2 fully saturated rings. The number of carbonyl (C=O) groups excluding carboxylic acids is 2. The van der Waals surface area contributed by atoms with Gasteiger partial charge in [0.25, 0.3) is 0 Å².